The molecule has 11 heteroatoms. The monoisotopic (exact) mass is 419 g/mol. The molecule has 8 nitrogen and oxygen atoms in total. The molecule has 0 fully saturated rings. The molecule has 2 aromatic carbocycles. The fourth-order valence-electron chi connectivity index (χ4n) is 2.79. The summed E-state index contributed by atoms with van der Waals surface area (Å²) in [4.78, 5) is 28.2. The van der Waals surface area contributed by atoms with Crippen molar-refractivity contribution >= 4 is 28.1 Å². The molecular formula is C18H11F2N3O5S. The maximum Gasteiger partial charge on any atom is 0.286 e. The standard InChI is InChI=1S/C18H11F2N3O5S/c1-8-16(9-2-3-11(19)12(20)4-9)21-18(29-8)22-17(24)10-5-14-15(28-7-27-14)6-13(10)23(25)26/h2-6H,7H2,1H3,(H,21,22,24). The predicted molar refractivity (Wildman–Crippen MR) is 99.4 cm³/mol. The van der Waals surface area contributed by atoms with Crippen LogP contribution in [0.15, 0.2) is 30.3 Å². The number of nitrogens with zero attached hydrogens (tertiary/aromatic N) is 2. The van der Waals surface area contributed by atoms with Crippen molar-refractivity contribution in [1.29, 1.82) is 0 Å². The lowest BCUT2D eigenvalue weighted by Crippen LogP contribution is -2.14. The van der Waals surface area contributed by atoms with Gasteiger partial charge in [-0.25, -0.2) is 13.8 Å². The number of aromatic nitrogens is 1. The number of carbonyl (C=O) groups excluding carboxylic acids is 1. The summed E-state index contributed by atoms with van der Waals surface area (Å²) < 4.78 is 36.9. The molecule has 0 unspecified atom stereocenters. The van der Waals surface area contributed by atoms with Crippen LogP contribution in [0.3, 0.4) is 0 Å². The van der Waals surface area contributed by atoms with Crippen molar-refractivity contribution < 1.29 is 28.0 Å². The second kappa shape index (κ2) is 7.09. The van der Waals surface area contributed by atoms with Crippen LogP contribution in [0.25, 0.3) is 11.3 Å². The number of nitro benzene ring substituents is 1. The molecular weight excluding hydrogens is 408 g/mol. The maximum atomic E-state index is 13.5. The van der Waals surface area contributed by atoms with Crippen LogP contribution in [0.4, 0.5) is 19.6 Å². The van der Waals surface area contributed by atoms with Crippen LogP contribution in [-0.4, -0.2) is 22.6 Å². The third-order valence-corrected chi connectivity index (χ3v) is 5.03. The number of carbonyl (C=O) groups is 1. The maximum absolute atomic E-state index is 13.5. The lowest BCUT2D eigenvalue weighted by molar-refractivity contribution is -0.385. The quantitative estimate of drug-likeness (QED) is 0.500. The van der Waals surface area contributed by atoms with E-state index in [2.05, 4.69) is 10.3 Å². The second-order valence-electron chi connectivity index (χ2n) is 5.99. The van der Waals surface area contributed by atoms with Crippen LogP contribution in [0, 0.1) is 28.7 Å². The zero-order valence-corrected chi connectivity index (χ0v) is 15.5. The fourth-order valence-corrected chi connectivity index (χ4v) is 3.62. The molecule has 4 rings (SSSR count). The average Bonchev–Trinajstić information content (AvgIpc) is 3.28. The number of fused-ring (bicyclic) bond motifs is 1. The van der Waals surface area contributed by atoms with E-state index < -0.39 is 28.2 Å². The van der Waals surface area contributed by atoms with Gasteiger partial charge >= 0.3 is 0 Å². The number of anilines is 1. The van der Waals surface area contributed by atoms with Crippen LogP contribution in [0.5, 0.6) is 11.5 Å². The zero-order valence-electron chi connectivity index (χ0n) is 14.7. The summed E-state index contributed by atoms with van der Waals surface area (Å²) in [6.45, 7) is 1.60. The van der Waals surface area contributed by atoms with Crippen LogP contribution in [0.2, 0.25) is 0 Å². The Morgan fingerprint density at radius 3 is 2.62 bits per heavy atom. The third-order valence-electron chi connectivity index (χ3n) is 4.14. The van der Waals surface area contributed by atoms with Gasteiger partial charge in [-0.1, -0.05) is 0 Å². The molecule has 2 heterocycles. The van der Waals surface area contributed by atoms with Crippen molar-refractivity contribution in [2.45, 2.75) is 6.92 Å². The largest absolute Gasteiger partial charge is 0.454 e. The van der Waals surface area contributed by atoms with Crippen LogP contribution in [0.1, 0.15) is 15.2 Å². The number of hydrogen-bond donors (Lipinski definition) is 1. The smallest absolute Gasteiger partial charge is 0.286 e. The molecule has 0 saturated carbocycles. The van der Waals surface area contributed by atoms with Gasteiger partial charge in [-0.3, -0.25) is 20.2 Å². The van der Waals surface area contributed by atoms with Crippen molar-refractivity contribution in [2.75, 3.05) is 12.1 Å². The number of hydrogen-bond acceptors (Lipinski definition) is 7. The molecule has 0 radical (unpaired) electrons. The number of nitrogens with one attached hydrogen (secondary N) is 1. The molecule has 3 aromatic rings. The Hall–Kier alpha value is -3.60. The molecule has 1 aliphatic rings. The van der Waals surface area contributed by atoms with Gasteiger partial charge in [-0.05, 0) is 25.1 Å². The molecule has 0 spiro atoms. The number of aryl methyl sites for hydroxylation is 1. The third kappa shape index (κ3) is 3.47. The Bertz CT molecular complexity index is 1160. The Balaban J connectivity index is 1.64. The minimum absolute atomic E-state index is 0.0964. The molecule has 1 N–H and O–H groups in total. The van der Waals surface area contributed by atoms with E-state index in [0.717, 1.165) is 29.5 Å². The molecule has 0 saturated heterocycles. The summed E-state index contributed by atoms with van der Waals surface area (Å²) >= 11 is 1.10. The normalized spacial score (nSPS) is 12.1. The minimum atomic E-state index is -1.02. The Morgan fingerprint density at radius 2 is 1.93 bits per heavy atom. The predicted octanol–water partition coefficient (Wildman–Crippen LogP) is 4.29. The van der Waals surface area contributed by atoms with Gasteiger partial charge in [0, 0.05) is 16.5 Å². The summed E-state index contributed by atoms with van der Waals surface area (Å²) in [5.74, 6) is -2.36. The fraction of sp³-hybridized carbons (Fsp3) is 0.111. The number of benzene rings is 2. The van der Waals surface area contributed by atoms with Gasteiger partial charge in [0.1, 0.15) is 5.56 Å². The van der Waals surface area contributed by atoms with Crippen LogP contribution >= 0.6 is 11.3 Å². The first kappa shape index (κ1) is 18.7. The highest BCUT2D eigenvalue weighted by Gasteiger charge is 2.28. The van der Waals surface area contributed by atoms with Gasteiger partial charge in [-0.15, -0.1) is 11.3 Å². The van der Waals surface area contributed by atoms with E-state index in [1.165, 1.54) is 12.1 Å². The first-order chi connectivity index (χ1) is 13.8. The summed E-state index contributed by atoms with van der Waals surface area (Å²) in [7, 11) is 0. The number of amides is 1. The van der Waals surface area contributed by atoms with E-state index in [-0.39, 0.29) is 29.0 Å². The first-order valence-electron chi connectivity index (χ1n) is 8.15. The number of rotatable bonds is 4. The summed E-state index contributed by atoms with van der Waals surface area (Å²) in [5.41, 5.74) is 0.0407. The van der Waals surface area contributed by atoms with Gasteiger partial charge in [0.2, 0.25) is 6.79 Å². The molecule has 1 aliphatic heterocycles. The van der Waals surface area contributed by atoms with E-state index in [1.54, 1.807) is 6.92 Å². The molecule has 148 valence electrons. The highest BCUT2D eigenvalue weighted by molar-refractivity contribution is 7.16. The Labute approximate surface area is 165 Å². The molecule has 1 amide bonds. The second-order valence-corrected chi connectivity index (χ2v) is 7.19. The van der Waals surface area contributed by atoms with Crippen molar-refractivity contribution in [3.63, 3.8) is 0 Å². The highest BCUT2D eigenvalue weighted by atomic mass is 32.1. The number of ether oxygens (including phenoxy) is 2. The molecule has 0 bridgehead atoms. The lowest BCUT2D eigenvalue weighted by Gasteiger charge is -2.05. The van der Waals surface area contributed by atoms with Gasteiger partial charge in [-0.2, -0.15) is 0 Å². The lowest BCUT2D eigenvalue weighted by atomic mass is 10.1. The SMILES string of the molecule is Cc1sc(NC(=O)c2cc3c(cc2[N+](=O)[O-])OCO3)nc1-c1ccc(F)c(F)c1. The molecule has 29 heavy (non-hydrogen) atoms. The number of nitro groups is 1. The van der Waals surface area contributed by atoms with E-state index in [9.17, 15) is 23.7 Å². The molecule has 1 aromatic heterocycles. The summed E-state index contributed by atoms with van der Waals surface area (Å²) in [5, 5.41) is 14.0. The van der Waals surface area contributed by atoms with Gasteiger partial charge in [0.15, 0.2) is 28.3 Å². The van der Waals surface area contributed by atoms with Gasteiger partial charge in [0.25, 0.3) is 11.6 Å². The molecule has 0 aliphatic carbocycles. The van der Waals surface area contributed by atoms with Crippen molar-refractivity contribution in [2.24, 2.45) is 0 Å². The van der Waals surface area contributed by atoms with E-state index >= 15 is 0 Å². The first-order valence-corrected chi connectivity index (χ1v) is 8.97. The summed E-state index contributed by atoms with van der Waals surface area (Å²) in [6.07, 6.45) is 0. The van der Waals surface area contributed by atoms with E-state index in [1.807, 2.05) is 0 Å². The average molecular weight is 419 g/mol. The zero-order chi connectivity index (χ0) is 20.7. The van der Waals surface area contributed by atoms with Crippen LogP contribution < -0.4 is 14.8 Å². The van der Waals surface area contributed by atoms with Crippen molar-refractivity contribution in [1.82, 2.24) is 4.98 Å². The van der Waals surface area contributed by atoms with Crippen molar-refractivity contribution in [3.05, 3.63) is 62.5 Å². The van der Waals surface area contributed by atoms with Gasteiger partial charge < -0.3 is 9.47 Å². The van der Waals surface area contributed by atoms with E-state index in [4.69, 9.17) is 9.47 Å². The topological polar surface area (TPSA) is 104 Å². The summed E-state index contributed by atoms with van der Waals surface area (Å²) in [6, 6.07) is 5.71. The Kier molecular flexibility index (Phi) is 4.59. The van der Waals surface area contributed by atoms with Gasteiger partial charge in [0.05, 0.1) is 16.7 Å². The van der Waals surface area contributed by atoms with Crippen LogP contribution in [-0.2, 0) is 0 Å². The Morgan fingerprint density at radius 1 is 1.21 bits per heavy atom. The van der Waals surface area contributed by atoms with Crippen molar-refractivity contribution in [3.8, 4) is 22.8 Å². The highest BCUT2D eigenvalue weighted by Crippen LogP contribution is 2.38. The van der Waals surface area contributed by atoms with E-state index in [0.29, 0.717) is 16.1 Å². The number of thiazole rings is 1. The minimum Gasteiger partial charge on any atom is -0.454 e. The molecule has 0 atom stereocenters. The number of halogens is 2.